The van der Waals surface area contributed by atoms with E-state index in [2.05, 4.69) is 32.8 Å². The summed E-state index contributed by atoms with van der Waals surface area (Å²) in [6.45, 7) is 1.82. The number of amides is 1. The first-order valence-electron chi connectivity index (χ1n) is 12.1. The molecule has 192 valence electrons. The van der Waals surface area contributed by atoms with Gasteiger partial charge in [0.2, 0.25) is 5.91 Å². The summed E-state index contributed by atoms with van der Waals surface area (Å²) < 4.78 is 31.4. The summed E-state index contributed by atoms with van der Waals surface area (Å²) in [6, 6.07) is 0. The molecule has 1 amide bonds. The van der Waals surface area contributed by atoms with Crippen molar-refractivity contribution >= 4 is 16.3 Å². The zero-order chi connectivity index (χ0) is 23.0. The number of carbonyl (C=O) groups excluding carboxylic acids is 1. The van der Waals surface area contributed by atoms with Crippen molar-refractivity contribution in [2.24, 2.45) is 0 Å². The Hall–Kier alpha value is -1.00. The molecular formula is C23H48N2O6S. The maximum Gasteiger partial charge on any atom is 0.399 e. The fraction of sp³-hybridized carbons (Fsp3) is 0.870. The monoisotopic (exact) mass is 480 g/mol. The van der Waals surface area contributed by atoms with Crippen LogP contribution >= 0.6 is 0 Å². The molecular weight excluding hydrogens is 432 g/mol. The molecule has 0 rings (SSSR count). The first-order valence-corrected chi connectivity index (χ1v) is 13.4. The third-order valence-electron chi connectivity index (χ3n) is 4.86. The number of aliphatic hydroxyl groups excluding tert-OH is 1. The average molecular weight is 481 g/mol. The molecule has 0 saturated heterocycles. The van der Waals surface area contributed by atoms with Crippen LogP contribution in [0.15, 0.2) is 12.2 Å². The minimum absolute atomic E-state index is 0. The van der Waals surface area contributed by atoms with Crippen LogP contribution in [0.5, 0.6) is 0 Å². The highest BCUT2D eigenvalue weighted by molar-refractivity contribution is 7.81. The van der Waals surface area contributed by atoms with Gasteiger partial charge in [0.1, 0.15) is 0 Å². The molecule has 0 aliphatic carbocycles. The van der Waals surface area contributed by atoms with Gasteiger partial charge in [-0.15, -0.1) is 0 Å². The number of hydrogen-bond acceptors (Lipinski definition) is 7. The van der Waals surface area contributed by atoms with Crippen LogP contribution in [0.2, 0.25) is 0 Å². The zero-order valence-corrected chi connectivity index (χ0v) is 21.0. The minimum atomic E-state index is -4.06. The third-order valence-corrected chi connectivity index (χ3v) is 5.77. The SMILES string of the molecule is CCCCCCCC/C=C\CCCCCCCC(=O)NCCCOS(=O)(=O)OCCO.N. The van der Waals surface area contributed by atoms with Gasteiger partial charge in [0.15, 0.2) is 0 Å². The fourth-order valence-electron chi connectivity index (χ4n) is 3.08. The number of nitrogens with one attached hydrogen (secondary N) is 1. The van der Waals surface area contributed by atoms with E-state index in [4.69, 9.17) is 5.11 Å². The highest BCUT2D eigenvalue weighted by atomic mass is 32.3. The second-order valence-electron chi connectivity index (χ2n) is 7.81. The molecule has 0 spiro atoms. The molecule has 32 heavy (non-hydrogen) atoms. The van der Waals surface area contributed by atoms with Crippen LogP contribution in [-0.2, 0) is 23.6 Å². The normalized spacial score (nSPS) is 11.6. The molecule has 0 radical (unpaired) electrons. The number of allylic oxidation sites excluding steroid dienone is 2. The second kappa shape index (κ2) is 24.6. The lowest BCUT2D eigenvalue weighted by atomic mass is 10.1. The molecule has 0 aromatic carbocycles. The van der Waals surface area contributed by atoms with Crippen molar-refractivity contribution in [1.29, 1.82) is 0 Å². The van der Waals surface area contributed by atoms with Gasteiger partial charge in [-0.3, -0.25) is 4.79 Å². The van der Waals surface area contributed by atoms with Crippen molar-refractivity contribution in [2.75, 3.05) is 26.4 Å². The predicted molar refractivity (Wildman–Crippen MR) is 130 cm³/mol. The van der Waals surface area contributed by atoms with Crippen molar-refractivity contribution in [3.63, 3.8) is 0 Å². The molecule has 0 saturated carbocycles. The van der Waals surface area contributed by atoms with Gasteiger partial charge < -0.3 is 16.6 Å². The van der Waals surface area contributed by atoms with E-state index in [-0.39, 0.29) is 25.3 Å². The van der Waals surface area contributed by atoms with Crippen LogP contribution in [0.4, 0.5) is 0 Å². The first kappa shape index (κ1) is 33.2. The molecule has 8 nitrogen and oxygen atoms in total. The number of aliphatic hydroxyl groups is 1. The van der Waals surface area contributed by atoms with Crippen LogP contribution in [0.1, 0.15) is 103 Å². The van der Waals surface area contributed by atoms with E-state index in [0.717, 1.165) is 25.7 Å². The van der Waals surface area contributed by atoms with E-state index in [1.165, 1.54) is 57.8 Å². The Labute approximate surface area is 196 Å². The van der Waals surface area contributed by atoms with Crippen LogP contribution in [-0.4, -0.2) is 45.8 Å². The predicted octanol–water partition coefficient (Wildman–Crippen LogP) is 4.96. The van der Waals surface area contributed by atoms with Gasteiger partial charge in [0, 0.05) is 13.0 Å². The minimum Gasteiger partial charge on any atom is -0.394 e. The van der Waals surface area contributed by atoms with E-state index < -0.39 is 17.0 Å². The molecule has 0 atom stereocenters. The zero-order valence-electron chi connectivity index (χ0n) is 20.2. The van der Waals surface area contributed by atoms with Crippen molar-refractivity contribution in [1.82, 2.24) is 11.5 Å². The summed E-state index contributed by atoms with van der Waals surface area (Å²) in [6.07, 6.45) is 21.5. The Morgan fingerprint density at radius 2 is 1.34 bits per heavy atom. The molecule has 0 unspecified atom stereocenters. The van der Waals surface area contributed by atoms with Gasteiger partial charge >= 0.3 is 10.4 Å². The van der Waals surface area contributed by atoms with E-state index >= 15 is 0 Å². The topological polar surface area (TPSA) is 137 Å². The number of hydrogen-bond donors (Lipinski definition) is 3. The largest absolute Gasteiger partial charge is 0.399 e. The van der Waals surface area contributed by atoms with E-state index in [9.17, 15) is 13.2 Å². The molecule has 0 heterocycles. The highest BCUT2D eigenvalue weighted by Crippen LogP contribution is 2.10. The Morgan fingerprint density at radius 3 is 1.94 bits per heavy atom. The molecule has 0 aromatic heterocycles. The average Bonchev–Trinajstić information content (AvgIpc) is 2.74. The van der Waals surface area contributed by atoms with E-state index in [0.29, 0.717) is 19.4 Å². The summed E-state index contributed by atoms with van der Waals surface area (Å²) in [5.74, 6) is -0.0167. The van der Waals surface area contributed by atoms with Crippen molar-refractivity contribution in [2.45, 2.75) is 103 Å². The summed E-state index contributed by atoms with van der Waals surface area (Å²) in [5, 5.41) is 11.3. The molecule has 0 aliphatic heterocycles. The van der Waals surface area contributed by atoms with Crippen LogP contribution in [0.3, 0.4) is 0 Å². The Balaban J connectivity index is 0. The van der Waals surface area contributed by atoms with Gasteiger partial charge in [0.05, 0.1) is 19.8 Å². The van der Waals surface area contributed by atoms with Crippen LogP contribution in [0, 0.1) is 0 Å². The van der Waals surface area contributed by atoms with E-state index in [1.54, 1.807) is 0 Å². The lowest BCUT2D eigenvalue weighted by Crippen LogP contribution is -2.25. The van der Waals surface area contributed by atoms with Gasteiger partial charge in [-0.1, -0.05) is 70.4 Å². The Kier molecular flexibility index (Phi) is 25.5. The van der Waals surface area contributed by atoms with Crippen molar-refractivity contribution in [3.8, 4) is 0 Å². The van der Waals surface area contributed by atoms with E-state index in [1.807, 2.05) is 0 Å². The highest BCUT2D eigenvalue weighted by Gasteiger charge is 2.10. The first-order chi connectivity index (χ1) is 15.0. The summed E-state index contributed by atoms with van der Waals surface area (Å²) in [5.41, 5.74) is 0. The van der Waals surface area contributed by atoms with Gasteiger partial charge in [-0.2, -0.15) is 8.42 Å². The Morgan fingerprint density at radius 1 is 0.812 bits per heavy atom. The molecule has 0 bridgehead atoms. The number of unbranched alkanes of at least 4 members (excludes halogenated alkanes) is 11. The smallest absolute Gasteiger partial charge is 0.394 e. The Bertz CT molecular complexity index is 541. The summed E-state index contributed by atoms with van der Waals surface area (Å²) in [4.78, 5) is 11.7. The van der Waals surface area contributed by atoms with Crippen molar-refractivity contribution < 1.29 is 26.7 Å². The molecule has 5 N–H and O–H groups in total. The van der Waals surface area contributed by atoms with Gasteiger partial charge in [-0.05, 0) is 38.5 Å². The van der Waals surface area contributed by atoms with Crippen LogP contribution in [0.25, 0.3) is 0 Å². The summed E-state index contributed by atoms with van der Waals surface area (Å²) in [7, 11) is -4.06. The standard InChI is InChI=1S/C23H45NO6S.H3N/c1-2-3-4-5-6-7-8-9-10-11-12-13-14-15-16-18-23(26)24-19-17-21-29-31(27,28)30-22-20-25;/h9-10,25H,2-8,11-22H2,1H3,(H,24,26);1H3/b10-9-;. The quantitative estimate of drug-likeness (QED) is 0.139. The van der Waals surface area contributed by atoms with Crippen molar-refractivity contribution in [3.05, 3.63) is 12.2 Å². The van der Waals surface area contributed by atoms with Gasteiger partial charge in [0.25, 0.3) is 0 Å². The molecule has 9 heteroatoms. The lowest BCUT2D eigenvalue weighted by molar-refractivity contribution is -0.121. The second-order valence-corrected chi connectivity index (χ2v) is 9.10. The molecule has 0 aromatic rings. The number of rotatable bonds is 23. The van der Waals surface area contributed by atoms with Gasteiger partial charge in [-0.25, -0.2) is 8.37 Å². The van der Waals surface area contributed by atoms with Crippen LogP contribution < -0.4 is 11.5 Å². The maximum absolute atomic E-state index is 11.7. The molecule has 0 aliphatic rings. The number of carbonyl (C=O) groups is 1. The fourth-order valence-corrected chi connectivity index (χ4v) is 3.75. The summed E-state index contributed by atoms with van der Waals surface area (Å²) >= 11 is 0. The maximum atomic E-state index is 11.7. The lowest BCUT2D eigenvalue weighted by Gasteiger charge is -2.06. The molecule has 0 fully saturated rings. The third kappa shape index (κ3) is 25.3.